The van der Waals surface area contributed by atoms with Crippen LogP contribution < -0.4 is 10.6 Å². The maximum atomic E-state index is 12.5. The van der Waals surface area contributed by atoms with Gasteiger partial charge in [0.25, 0.3) is 5.91 Å². The van der Waals surface area contributed by atoms with Crippen LogP contribution in [0.15, 0.2) is 54.9 Å². The first-order valence-electron chi connectivity index (χ1n) is 9.52. The van der Waals surface area contributed by atoms with Crippen LogP contribution in [0.4, 0.5) is 5.69 Å². The van der Waals surface area contributed by atoms with Crippen LogP contribution in [-0.2, 0) is 0 Å². The molecule has 0 unspecified atom stereocenters. The molecule has 2 aromatic heterocycles. The van der Waals surface area contributed by atoms with Gasteiger partial charge in [0, 0.05) is 42.3 Å². The molecule has 0 saturated carbocycles. The molecule has 0 aliphatic rings. The van der Waals surface area contributed by atoms with E-state index in [4.69, 9.17) is 0 Å². The second-order valence-electron chi connectivity index (χ2n) is 6.89. The van der Waals surface area contributed by atoms with Gasteiger partial charge in [-0.3, -0.25) is 14.8 Å². The summed E-state index contributed by atoms with van der Waals surface area (Å²) >= 11 is 0. The summed E-state index contributed by atoms with van der Waals surface area (Å²) in [5.74, 6) is -0.0659. The third-order valence-electron chi connectivity index (χ3n) is 4.83. The monoisotopic (exact) mass is 374 g/mol. The molecule has 0 fully saturated rings. The summed E-state index contributed by atoms with van der Waals surface area (Å²) in [6.07, 6.45) is 4.36. The lowest BCUT2D eigenvalue weighted by molar-refractivity contribution is 0.0953. The number of aromatic nitrogens is 2. The molecule has 3 aromatic rings. The molecule has 0 aliphatic heterocycles. The van der Waals surface area contributed by atoms with Crippen molar-refractivity contribution in [2.75, 3.05) is 18.4 Å². The lowest BCUT2D eigenvalue weighted by Gasteiger charge is -2.10. The van der Waals surface area contributed by atoms with E-state index in [1.54, 1.807) is 12.4 Å². The van der Waals surface area contributed by atoms with Crippen molar-refractivity contribution in [2.24, 2.45) is 0 Å². The smallest absolute Gasteiger partial charge is 0.251 e. The van der Waals surface area contributed by atoms with Gasteiger partial charge in [-0.1, -0.05) is 12.1 Å². The van der Waals surface area contributed by atoms with E-state index in [0.717, 1.165) is 35.6 Å². The number of anilines is 1. The molecule has 5 heteroatoms. The second-order valence-corrected chi connectivity index (χ2v) is 6.89. The number of carbonyl (C=O) groups excluding carboxylic acids is 1. The summed E-state index contributed by atoms with van der Waals surface area (Å²) in [5.41, 5.74) is 6.92. The first kappa shape index (κ1) is 19.5. The summed E-state index contributed by atoms with van der Waals surface area (Å²) in [6, 6.07) is 13.6. The molecule has 28 heavy (non-hydrogen) atoms. The Kier molecular flexibility index (Phi) is 6.37. The molecule has 0 radical (unpaired) electrons. The fourth-order valence-corrected chi connectivity index (χ4v) is 2.96. The van der Waals surface area contributed by atoms with Crippen LogP contribution in [0.1, 0.15) is 33.6 Å². The van der Waals surface area contributed by atoms with Gasteiger partial charge in [-0.25, -0.2) is 0 Å². The molecule has 0 bridgehead atoms. The van der Waals surface area contributed by atoms with Gasteiger partial charge in [0.15, 0.2) is 0 Å². The zero-order valence-electron chi connectivity index (χ0n) is 16.6. The Balaban J connectivity index is 1.57. The van der Waals surface area contributed by atoms with Crippen LogP contribution in [-0.4, -0.2) is 29.0 Å². The molecule has 5 nitrogen and oxygen atoms in total. The summed E-state index contributed by atoms with van der Waals surface area (Å²) in [5, 5.41) is 6.26. The molecular formula is C23H26N4O. The van der Waals surface area contributed by atoms with Gasteiger partial charge in [-0.05, 0) is 68.7 Å². The van der Waals surface area contributed by atoms with E-state index in [-0.39, 0.29) is 5.91 Å². The van der Waals surface area contributed by atoms with Crippen molar-refractivity contribution in [3.8, 4) is 11.3 Å². The molecule has 1 amide bonds. The summed E-state index contributed by atoms with van der Waals surface area (Å²) in [6.45, 7) is 7.56. The van der Waals surface area contributed by atoms with Crippen LogP contribution in [0, 0.1) is 20.8 Å². The van der Waals surface area contributed by atoms with Crippen molar-refractivity contribution in [3.05, 3.63) is 77.2 Å². The first-order chi connectivity index (χ1) is 13.5. The Morgan fingerprint density at radius 3 is 2.64 bits per heavy atom. The van der Waals surface area contributed by atoms with E-state index in [0.29, 0.717) is 12.1 Å². The van der Waals surface area contributed by atoms with Crippen molar-refractivity contribution in [2.45, 2.75) is 27.2 Å². The molecule has 3 rings (SSSR count). The van der Waals surface area contributed by atoms with Crippen molar-refractivity contribution in [3.63, 3.8) is 0 Å². The van der Waals surface area contributed by atoms with Crippen molar-refractivity contribution < 1.29 is 4.79 Å². The largest absolute Gasteiger partial charge is 0.384 e. The molecule has 0 atom stereocenters. The Morgan fingerprint density at radius 2 is 1.89 bits per heavy atom. The minimum absolute atomic E-state index is 0.0659. The Labute approximate surface area is 166 Å². The summed E-state index contributed by atoms with van der Waals surface area (Å²) in [7, 11) is 0. The highest BCUT2D eigenvalue weighted by atomic mass is 16.1. The minimum atomic E-state index is -0.0659. The highest BCUT2D eigenvalue weighted by Gasteiger charge is 2.09. The topological polar surface area (TPSA) is 66.9 Å². The molecule has 144 valence electrons. The van der Waals surface area contributed by atoms with E-state index in [9.17, 15) is 4.79 Å². The van der Waals surface area contributed by atoms with Crippen LogP contribution in [0.5, 0.6) is 0 Å². The number of hydrogen-bond donors (Lipinski definition) is 2. The number of nitrogens with one attached hydrogen (secondary N) is 2. The molecule has 1 aromatic carbocycles. The molecule has 2 N–H and O–H groups in total. The maximum absolute atomic E-state index is 12.5. The molecule has 0 aliphatic carbocycles. The molecule has 0 spiro atoms. The predicted octanol–water partition coefficient (Wildman–Crippen LogP) is 4.30. The fourth-order valence-electron chi connectivity index (χ4n) is 2.96. The Bertz CT molecular complexity index is 931. The summed E-state index contributed by atoms with van der Waals surface area (Å²) < 4.78 is 0. The highest BCUT2D eigenvalue weighted by molar-refractivity contribution is 5.95. The van der Waals surface area contributed by atoms with Crippen molar-refractivity contribution >= 4 is 11.6 Å². The zero-order chi connectivity index (χ0) is 19.9. The van der Waals surface area contributed by atoms with Crippen molar-refractivity contribution in [1.82, 2.24) is 15.3 Å². The van der Waals surface area contributed by atoms with Gasteiger partial charge < -0.3 is 10.6 Å². The summed E-state index contributed by atoms with van der Waals surface area (Å²) in [4.78, 5) is 21.2. The molecule has 0 saturated heterocycles. The zero-order valence-corrected chi connectivity index (χ0v) is 16.6. The number of pyridine rings is 2. The van der Waals surface area contributed by atoms with E-state index >= 15 is 0 Å². The third kappa shape index (κ3) is 4.94. The number of carbonyl (C=O) groups is 1. The van der Waals surface area contributed by atoms with E-state index in [1.165, 1.54) is 11.1 Å². The lowest BCUT2D eigenvalue weighted by atomic mass is 10.0. The average molecular weight is 374 g/mol. The molecular weight excluding hydrogens is 348 g/mol. The van der Waals surface area contributed by atoms with Gasteiger partial charge >= 0.3 is 0 Å². The van der Waals surface area contributed by atoms with Gasteiger partial charge in [0.1, 0.15) is 0 Å². The standard InChI is InChI=1S/C23H26N4O/c1-16-13-22(27-18(3)17(16)2)19-7-4-8-20(14-19)23(28)26-12-6-11-25-21-9-5-10-24-15-21/h4-5,7-10,13-15,25H,6,11-12H2,1-3H3,(H,26,28). The lowest BCUT2D eigenvalue weighted by Crippen LogP contribution is -2.25. The van der Waals surface area contributed by atoms with E-state index in [1.807, 2.05) is 43.3 Å². The third-order valence-corrected chi connectivity index (χ3v) is 4.83. The second kappa shape index (κ2) is 9.13. The SMILES string of the molecule is Cc1cc(-c2cccc(C(=O)NCCCNc3cccnc3)c2)nc(C)c1C. The van der Waals surface area contributed by atoms with E-state index in [2.05, 4.69) is 40.5 Å². The number of amides is 1. The average Bonchev–Trinajstić information content (AvgIpc) is 2.72. The number of aryl methyl sites for hydroxylation is 2. The fraction of sp³-hybridized carbons (Fsp3) is 0.261. The Morgan fingerprint density at radius 1 is 1.04 bits per heavy atom. The highest BCUT2D eigenvalue weighted by Crippen LogP contribution is 2.22. The maximum Gasteiger partial charge on any atom is 0.251 e. The van der Waals surface area contributed by atoms with Crippen LogP contribution in [0.3, 0.4) is 0 Å². The van der Waals surface area contributed by atoms with E-state index < -0.39 is 0 Å². The number of hydrogen-bond acceptors (Lipinski definition) is 4. The van der Waals surface area contributed by atoms with Gasteiger partial charge in [0.05, 0.1) is 11.4 Å². The van der Waals surface area contributed by atoms with Gasteiger partial charge in [-0.2, -0.15) is 0 Å². The van der Waals surface area contributed by atoms with Crippen LogP contribution >= 0.6 is 0 Å². The minimum Gasteiger partial charge on any atom is -0.384 e. The first-order valence-corrected chi connectivity index (χ1v) is 9.52. The van der Waals surface area contributed by atoms with Crippen LogP contribution in [0.25, 0.3) is 11.3 Å². The number of rotatable bonds is 7. The van der Waals surface area contributed by atoms with Gasteiger partial charge in [0.2, 0.25) is 0 Å². The van der Waals surface area contributed by atoms with Crippen LogP contribution in [0.2, 0.25) is 0 Å². The normalized spacial score (nSPS) is 10.5. The van der Waals surface area contributed by atoms with Gasteiger partial charge in [-0.15, -0.1) is 0 Å². The number of nitrogens with zero attached hydrogens (tertiary/aromatic N) is 2. The molecule has 2 heterocycles. The Hall–Kier alpha value is -3.21. The quantitative estimate of drug-likeness (QED) is 0.605. The predicted molar refractivity (Wildman–Crippen MR) is 114 cm³/mol. The number of benzene rings is 1. The van der Waals surface area contributed by atoms with Crippen molar-refractivity contribution in [1.29, 1.82) is 0 Å².